The smallest absolute Gasteiger partial charge is 0.262 e. The largest absolute Gasteiger partial charge is 0.493 e. The van der Waals surface area contributed by atoms with Gasteiger partial charge in [-0.2, -0.15) is 0 Å². The van der Waals surface area contributed by atoms with Crippen LogP contribution in [-0.4, -0.2) is 42.6 Å². The van der Waals surface area contributed by atoms with Crippen LogP contribution < -0.4 is 14.8 Å². The Kier molecular flexibility index (Phi) is 9.19. The molecule has 10 heteroatoms. The fraction of sp³-hybridized carbons (Fsp3) is 0.441. The number of nitrogens with zero attached hydrogens (tertiary/aromatic N) is 1. The molecule has 0 spiro atoms. The van der Waals surface area contributed by atoms with E-state index in [4.69, 9.17) is 32.7 Å². The molecule has 1 aliphatic heterocycles. The zero-order valence-corrected chi connectivity index (χ0v) is 29.5. The third kappa shape index (κ3) is 6.40. The highest BCUT2D eigenvalue weighted by Gasteiger charge is 2.48. The van der Waals surface area contributed by atoms with Gasteiger partial charge < -0.3 is 19.7 Å². The minimum atomic E-state index is -0.496. The fourth-order valence-corrected chi connectivity index (χ4v) is 7.80. The van der Waals surface area contributed by atoms with Gasteiger partial charge >= 0.3 is 0 Å². The average Bonchev–Trinajstić information content (AvgIpc) is 2.91. The normalized spacial score (nSPS) is 19.5. The predicted molar refractivity (Wildman–Crippen MR) is 182 cm³/mol. The number of halogens is 3. The van der Waals surface area contributed by atoms with E-state index in [1.165, 1.54) is 7.11 Å². The van der Waals surface area contributed by atoms with Gasteiger partial charge in [0, 0.05) is 53.5 Å². The first kappa shape index (κ1) is 32.8. The van der Waals surface area contributed by atoms with Crippen LogP contribution in [0.1, 0.15) is 71.8 Å². The van der Waals surface area contributed by atoms with Gasteiger partial charge in [0.05, 0.1) is 20.7 Å². The molecular formula is C34H37Cl2IN2O5. The van der Waals surface area contributed by atoms with Crippen LogP contribution in [0.4, 0.5) is 5.69 Å². The number of amides is 1. The minimum absolute atomic E-state index is 0.0807. The maximum Gasteiger partial charge on any atom is 0.262 e. The van der Waals surface area contributed by atoms with Crippen LogP contribution in [0, 0.1) is 14.4 Å². The van der Waals surface area contributed by atoms with E-state index in [-0.39, 0.29) is 34.9 Å². The van der Waals surface area contributed by atoms with Crippen LogP contribution in [-0.2, 0) is 14.4 Å². The van der Waals surface area contributed by atoms with Crippen molar-refractivity contribution in [3.05, 3.63) is 72.1 Å². The summed E-state index contributed by atoms with van der Waals surface area (Å²) in [5.41, 5.74) is 4.42. The van der Waals surface area contributed by atoms with Crippen molar-refractivity contribution in [2.75, 3.05) is 25.6 Å². The molecule has 1 N–H and O–H groups in total. The molecule has 0 saturated heterocycles. The number of rotatable bonds is 7. The second-order valence-electron chi connectivity index (χ2n) is 13.3. The zero-order chi connectivity index (χ0) is 32.1. The number of benzene rings is 2. The van der Waals surface area contributed by atoms with Gasteiger partial charge in [0.15, 0.2) is 29.7 Å². The second-order valence-corrected chi connectivity index (χ2v) is 15.3. The molecule has 44 heavy (non-hydrogen) atoms. The molecule has 2 aromatic rings. The van der Waals surface area contributed by atoms with E-state index in [0.29, 0.717) is 61.3 Å². The molecule has 0 atom stereocenters. The predicted octanol–water partition coefficient (Wildman–Crippen LogP) is 8.33. The monoisotopic (exact) mass is 750 g/mol. The van der Waals surface area contributed by atoms with Crippen LogP contribution in [0.3, 0.4) is 0 Å². The van der Waals surface area contributed by atoms with Crippen molar-refractivity contribution < 1.29 is 23.9 Å². The Bertz CT molecular complexity index is 1570. The Labute approximate surface area is 282 Å². The van der Waals surface area contributed by atoms with Crippen LogP contribution in [0.2, 0.25) is 10.0 Å². The Balaban J connectivity index is 1.53. The van der Waals surface area contributed by atoms with Gasteiger partial charge in [0.25, 0.3) is 5.91 Å². The number of ether oxygens (including phenoxy) is 2. The van der Waals surface area contributed by atoms with Crippen LogP contribution in [0.25, 0.3) is 0 Å². The standard InChI is InChI=1S/C34H37Cl2IN2O5/c1-7-39-23-13-33(2,3)15-25(40)30(23)29(31-24(39)14-34(4,5)16-26(31)41)18-10-22(37)32(27(11-18)43-6)44-17-28(42)38-19-8-9-20(35)21(36)12-19/h8-12,29H,7,13-17H2,1-6H3,(H,38,42). The minimum Gasteiger partial charge on any atom is -0.493 e. The first-order chi connectivity index (χ1) is 20.6. The third-order valence-electron chi connectivity index (χ3n) is 8.47. The molecule has 0 radical (unpaired) electrons. The van der Waals surface area contributed by atoms with Crippen LogP contribution >= 0.6 is 45.8 Å². The summed E-state index contributed by atoms with van der Waals surface area (Å²) in [6.45, 7) is 11.0. The van der Waals surface area contributed by atoms with E-state index in [2.05, 4.69) is 67.4 Å². The van der Waals surface area contributed by atoms with Gasteiger partial charge in [-0.25, -0.2) is 0 Å². The molecule has 3 aliphatic rings. The van der Waals surface area contributed by atoms with Gasteiger partial charge in [0.2, 0.25) is 0 Å². The number of nitrogens with one attached hydrogen (secondary N) is 1. The van der Waals surface area contributed by atoms with Gasteiger partial charge in [-0.3, -0.25) is 14.4 Å². The number of hydrogen-bond donors (Lipinski definition) is 1. The Hall–Kier alpha value is -2.56. The molecule has 0 bridgehead atoms. The van der Waals surface area contributed by atoms with Crippen LogP contribution in [0.5, 0.6) is 11.5 Å². The Morgan fingerprint density at radius 3 is 2.07 bits per heavy atom. The number of carbonyl (C=O) groups excluding carboxylic acids is 3. The summed E-state index contributed by atoms with van der Waals surface area (Å²) in [4.78, 5) is 42.8. The summed E-state index contributed by atoms with van der Waals surface area (Å²) in [5, 5.41) is 3.48. The maximum absolute atomic E-state index is 13.9. The van der Waals surface area contributed by atoms with Crippen molar-refractivity contribution in [2.24, 2.45) is 10.8 Å². The van der Waals surface area contributed by atoms with E-state index in [1.807, 2.05) is 12.1 Å². The number of methoxy groups -OCH3 is 1. The number of anilines is 1. The summed E-state index contributed by atoms with van der Waals surface area (Å²) in [7, 11) is 1.54. The molecule has 7 nitrogen and oxygen atoms in total. The average molecular weight is 751 g/mol. The molecule has 0 saturated carbocycles. The Morgan fingerprint density at radius 2 is 1.55 bits per heavy atom. The fourth-order valence-electron chi connectivity index (χ4n) is 6.72. The van der Waals surface area contributed by atoms with Gasteiger partial charge in [-0.15, -0.1) is 0 Å². The lowest BCUT2D eigenvalue weighted by atomic mass is 9.63. The number of allylic oxidation sites excluding steroid dienone is 4. The van der Waals surface area contributed by atoms with Crippen molar-refractivity contribution in [3.8, 4) is 11.5 Å². The van der Waals surface area contributed by atoms with E-state index in [0.717, 1.165) is 29.8 Å². The Morgan fingerprint density at radius 1 is 0.955 bits per heavy atom. The summed E-state index contributed by atoms with van der Waals surface area (Å²) < 4.78 is 12.4. The van der Waals surface area contributed by atoms with E-state index in [1.54, 1.807) is 18.2 Å². The second kappa shape index (κ2) is 12.3. The lowest BCUT2D eigenvalue weighted by molar-refractivity contribution is -0.120. The quantitative estimate of drug-likeness (QED) is 0.287. The molecule has 5 rings (SSSR count). The molecular weight excluding hydrogens is 714 g/mol. The van der Waals surface area contributed by atoms with Gasteiger partial charge in [0.1, 0.15) is 0 Å². The number of hydrogen-bond acceptors (Lipinski definition) is 6. The highest BCUT2D eigenvalue weighted by atomic mass is 127. The highest BCUT2D eigenvalue weighted by Crippen LogP contribution is 2.55. The van der Waals surface area contributed by atoms with E-state index < -0.39 is 5.92 Å². The van der Waals surface area contributed by atoms with Crippen molar-refractivity contribution in [1.82, 2.24) is 4.90 Å². The van der Waals surface area contributed by atoms with Crippen LogP contribution in [0.15, 0.2) is 52.9 Å². The summed E-state index contributed by atoms with van der Waals surface area (Å²) in [6.07, 6.45) is 2.36. The summed E-state index contributed by atoms with van der Waals surface area (Å²) >= 11 is 14.2. The van der Waals surface area contributed by atoms with Crippen molar-refractivity contribution in [2.45, 2.75) is 66.2 Å². The number of ketones is 2. The molecule has 0 aromatic heterocycles. The van der Waals surface area contributed by atoms with Crippen molar-refractivity contribution >= 4 is 69.0 Å². The van der Waals surface area contributed by atoms with Crippen molar-refractivity contribution in [1.29, 1.82) is 0 Å². The highest BCUT2D eigenvalue weighted by molar-refractivity contribution is 14.1. The first-order valence-electron chi connectivity index (χ1n) is 14.7. The lowest BCUT2D eigenvalue weighted by Crippen LogP contribution is -2.44. The molecule has 2 aliphatic carbocycles. The topological polar surface area (TPSA) is 84.9 Å². The number of carbonyl (C=O) groups is 3. The maximum atomic E-state index is 13.9. The lowest BCUT2D eigenvalue weighted by Gasteiger charge is -2.49. The van der Waals surface area contributed by atoms with E-state index >= 15 is 0 Å². The van der Waals surface area contributed by atoms with Crippen molar-refractivity contribution in [3.63, 3.8) is 0 Å². The molecule has 0 unspecified atom stereocenters. The van der Waals surface area contributed by atoms with E-state index in [9.17, 15) is 14.4 Å². The summed E-state index contributed by atoms with van der Waals surface area (Å²) in [5.74, 6) is 0.109. The molecule has 1 heterocycles. The van der Waals surface area contributed by atoms with Gasteiger partial charge in [-0.05, 0) is 89.1 Å². The SMILES string of the molecule is CCN1C2=C(C(=O)CC(C)(C)C2)C(c2cc(I)c(OCC(=O)Nc3ccc(Cl)c(Cl)c3)c(OC)c2)C2=C1CC(C)(C)CC2=O. The molecule has 1 amide bonds. The molecule has 0 fully saturated rings. The molecule has 2 aromatic carbocycles. The zero-order valence-electron chi connectivity index (χ0n) is 25.8. The third-order valence-corrected chi connectivity index (χ3v) is 10.0. The first-order valence-corrected chi connectivity index (χ1v) is 16.5. The number of Topliss-reactive ketones (excluding diaryl/α,β-unsaturated/α-hetero) is 2. The van der Waals surface area contributed by atoms with Gasteiger partial charge in [-0.1, -0.05) is 50.9 Å². The molecule has 234 valence electrons. The summed E-state index contributed by atoms with van der Waals surface area (Å²) in [6, 6.07) is 8.61.